The van der Waals surface area contributed by atoms with Crippen molar-refractivity contribution in [1.82, 2.24) is 19.5 Å². The van der Waals surface area contributed by atoms with E-state index in [1.165, 1.54) is 101 Å². The van der Waals surface area contributed by atoms with E-state index in [4.69, 9.17) is 35.8 Å². The molecule has 0 radical (unpaired) electrons. The number of nitrogens with zero attached hydrogens (tertiary/aromatic N) is 4. The molecule has 3 N–H and O–H groups in total. The monoisotopic (exact) mass is 902 g/mol. The normalized spacial score (nSPS) is 17.1. The van der Waals surface area contributed by atoms with Crippen LogP contribution in [0.3, 0.4) is 0 Å². The number of unbranched alkanes of at least 4 members (excludes halogenated alkanes) is 20. The van der Waals surface area contributed by atoms with Gasteiger partial charge in [-0.15, -0.1) is 6.42 Å². The fraction of sp³-hybridized carbons (Fsp3) is 0.771. The number of fused-ring (bicyclic) bond motifs is 1. The third-order valence-corrected chi connectivity index (χ3v) is 11.6. The molecule has 0 aliphatic carbocycles. The number of aromatic nitrogens is 4. The molecule has 3 atom stereocenters. The first-order valence-electron chi connectivity index (χ1n) is 24.2. The van der Waals surface area contributed by atoms with E-state index in [2.05, 4.69) is 34.7 Å². The number of hydrogen-bond acceptors (Lipinski definition) is 14. The van der Waals surface area contributed by atoms with Gasteiger partial charge in [0.25, 0.3) is 0 Å². The highest BCUT2D eigenvalue weighted by Gasteiger charge is 2.49. The van der Waals surface area contributed by atoms with Gasteiger partial charge in [0, 0.05) is 32.1 Å². The average Bonchev–Trinajstić information content (AvgIpc) is 3.85. The number of aliphatic hydroxyl groups excluding tert-OH is 1. The summed E-state index contributed by atoms with van der Waals surface area (Å²) in [5, 5.41) is 10.9. The molecular formula is C48H76FN5O10. The summed E-state index contributed by atoms with van der Waals surface area (Å²) in [6.45, 7) is 3.41. The lowest BCUT2D eigenvalue weighted by Crippen LogP contribution is -2.43. The first-order valence-corrected chi connectivity index (χ1v) is 24.2. The van der Waals surface area contributed by atoms with Crippen LogP contribution in [0, 0.1) is 18.4 Å². The molecule has 0 amide bonds. The van der Waals surface area contributed by atoms with Crippen molar-refractivity contribution >= 4 is 40.9 Å². The predicted octanol–water partition coefficient (Wildman–Crippen LogP) is 9.31. The molecule has 0 aromatic carbocycles. The van der Waals surface area contributed by atoms with Crippen molar-refractivity contribution in [3.8, 4) is 12.3 Å². The third-order valence-electron chi connectivity index (χ3n) is 11.6. The Bertz CT molecular complexity index is 1680. The van der Waals surface area contributed by atoms with Gasteiger partial charge in [-0.2, -0.15) is 14.4 Å². The number of anilines is 1. The van der Waals surface area contributed by atoms with Gasteiger partial charge in [0.05, 0.1) is 6.33 Å². The number of carbonyl (C=O) groups is 4. The van der Waals surface area contributed by atoms with Gasteiger partial charge in [-0.1, -0.05) is 148 Å². The second-order valence-electron chi connectivity index (χ2n) is 17.1. The van der Waals surface area contributed by atoms with Crippen molar-refractivity contribution in [2.75, 3.05) is 25.6 Å². The van der Waals surface area contributed by atoms with E-state index in [-0.39, 0.29) is 68.7 Å². The number of terminal acetylenes is 1. The summed E-state index contributed by atoms with van der Waals surface area (Å²) in [6, 6.07) is 0. The molecule has 1 saturated heterocycles. The Kier molecular flexibility index (Phi) is 26.6. The van der Waals surface area contributed by atoms with Crippen LogP contribution < -0.4 is 5.73 Å². The zero-order valence-electron chi connectivity index (χ0n) is 38.7. The lowest BCUT2D eigenvalue weighted by molar-refractivity contribution is -0.167. The molecule has 1 aliphatic rings. The number of carbonyl (C=O) groups excluding carboxylic acids is 4. The molecular weight excluding hydrogens is 826 g/mol. The Balaban J connectivity index is 1.40. The van der Waals surface area contributed by atoms with Crippen LogP contribution in [0.4, 0.5) is 10.2 Å². The van der Waals surface area contributed by atoms with Crippen LogP contribution in [0.15, 0.2) is 6.33 Å². The van der Waals surface area contributed by atoms with E-state index >= 15 is 0 Å². The summed E-state index contributed by atoms with van der Waals surface area (Å²) < 4.78 is 43.1. The minimum atomic E-state index is -1.73. The van der Waals surface area contributed by atoms with E-state index in [0.717, 1.165) is 38.5 Å². The average molecular weight is 902 g/mol. The van der Waals surface area contributed by atoms with Gasteiger partial charge in [-0.3, -0.25) is 23.7 Å². The molecule has 0 unspecified atom stereocenters. The van der Waals surface area contributed by atoms with Crippen molar-refractivity contribution in [3.63, 3.8) is 0 Å². The van der Waals surface area contributed by atoms with Crippen LogP contribution in [0.25, 0.3) is 11.2 Å². The maximum Gasteiger partial charge on any atom is 0.312 e. The lowest BCUT2D eigenvalue weighted by atomic mass is 9.99. The third kappa shape index (κ3) is 20.6. The maximum absolute atomic E-state index is 13.9. The lowest BCUT2D eigenvalue weighted by Gasteiger charge is -2.26. The second-order valence-corrected chi connectivity index (χ2v) is 17.1. The van der Waals surface area contributed by atoms with Crippen molar-refractivity contribution in [2.45, 2.75) is 218 Å². The van der Waals surface area contributed by atoms with Crippen LogP contribution in [0.5, 0.6) is 0 Å². The van der Waals surface area contributed by atoms with E-state index < -0.39 is 60.6 Å². The Hall–Kier alpha value is -4.36. The van der Waals surface area contributed by atoms with E-state index in [9.17, 15) is 28.7 Å². The fourth-order valence-electron chi connectivity index (χ4n) is 7.73. The molecule has 0 spiro atoms. The van der Waals surface area contributed by atoms with Gasteiger partial charge in [0.2, 0.25) is 0 Å². The largest absolute Gasteiger partial charge is 0.462 e. The number of esters is 4. The molecule has 0 saturated carbocycles. The topological polar surface area (TPSA) is 204 Å². The van der Waals surface area contributed by atoms with Gasteiger partial charge in [-0.05, 0) is 19.3 Å². The van der Waals surface area contributed by atoms with Crippen molar-refractivity contribution in [2.24, 2.45) is 0 Å². The number of ether oxygens (including phenoxy) is 5. The molecule has 1 fully saturated rings. The van der Waals surface area contributed by atoms with E-state index in [0.29, 0.717) is 12.8 Å². The molecule has 64 heavy (non-hydrogen) atoms. The fourth-order valence-corrected chi connectivity index (χ4v) is 7.73. The van der Waals surface area contributed by atoms with Gasteiger partial charge in [0.1, 0.15) is 32.2 Å². The van der Waals surface area contributed by atoms with Gasteiger partial charge in [0.15, 0.2) is 28.7 Å². The summed E-state index contributed by atoms with van der Waals surface area (Å²) in [5.74, 6) is 0.00675. The van der Waals surface area contributed by atoms with Crippen molar-refractivity contribution in [3.05, 3.63) is 12.4 Å². The standard InChI is InChI=1S/C48H76FN5O10/c1-4-7-9-11-13-15-17-19-21-23-25-28-40(56)60-33-37(34-61-41(57)29-26-24-22-20-18-16-14-12-10-8-5-2)63-43(59)31-27-30-42(58)62-35-48(6-3)38(55)32-39(64-48)54-36-51-44-45(50)52-47(49)53-46(44)54/h3,36-39,55H,4-5,7-35H2,1-2H3,(H2,50,52,53)/t38-,39+,48+/m0/s1. The van der Waals surface area contributed by atoms with Gasteiger partial charge < -0.3 is 34.5 Å². The number of imidazole rings is 1. The molecule has 16 heteroatoms. The zero-order chi connectivity index (χ0) is 46.4. The minimum Gasteiger partial charge on any atom is -0.462 e. The molecule has 2 aromatic rings. The van der Waals surface area contributed by atoms with Crippen molar-refractivity contribution in [1.29, 1.82) is 0 Å². The van der Waals surface area contributed by atoms with Crippen LogP contribution in [-0.4, -0.2) is 86.1 Å². The molecule has 0 bridgehead atoms. The Morgan fingerprint density at radius 2 is 1.20 bits per heavy atom. The Morgan fingerprint density at radius 3 is 1.70 bits per heavy atom. The summed E-state index contributed by atoms with van der Waals surface area (Å²) in [7, 11) is 0. The summed E-state index contributed by atoms with van der Waals surface area (Å²) in [6.07, 6.45) is 28.4. The smallest absolute Gasteiger partial charge is 0.312 e. The molecule has 15 nitrogen and oxygen atoms in total. The SMILES string of the molecule is C#C[C@]1(COC(=O)CCCC(=O)OC(COC(=O)CCCCCCCCCCCCC)COC(=O)CCCCCCCCCCCCC)O[C@@H](n2cnc3c(N)nc(F)nc32)C[C@@H]1O. The number of nitrogen functional groups attached to an aromatic ring is 1. The first-order chi connectivity index (χ1) is 31.0. The summed E-state index contributed by atoms with van der Waals surface area (Å²) in [4.78, 5) is 62.1. The predicted molar refractivity (Wildman–Crippen MR) is 241 cm³/mol. The summed E-state index contributed by atoms with van der Waals surface area (Å²) in [5.41, 5.74) is 4.21. The van der Waals surface area contributed by atoms with E-state index in [1.807, 2.05) is 0 Å². The Morgan fingerprint density at radius 1 is 0.750 bits per heavy atom. The number of hydrogen-bond donors (Lipinski definition) is 2. The maximum atomic E-state index is 13.9. The number of aliphatic hydroxyl groups is 1. The van der Waals surface area contributed by atoms with E-state index in [1.54, 1.807) is 0 Å². The first kappa shape index (κ1) is 54.0. The summed E-state index contributed by atoms with van der Waals surface area (Å²) >= 11 is 0. The van der Waals surface area contributed by atoms with Crippen LogP contribution in [0.2, 0.25) is 0 Å². The highest BCUT2D eigenvalue weighted by molar-refractivity contribution is 5.81. The van der Waals surface area contributed by atoms with Crippen molar-refractivity contribution < 1.29 is 52.4 Å². The Labute approximate surface area is 379 Å². The molecule has 3 heterocycles. The van der Waals surface area contributed by atoms with Crippen LogP contribution in [0.1, 0.15) is 200 Å². The highest BCUT2D eigenvalue weighted by atomic mass is 19.1. The van der Waals surface area contributed by atoms with Gasteiger partial charge >= 0.3 is 30.0 Å². The minimum absolute atomic E-state index is 0.0386. The highest BCUT2D eigenvalue weighted by Crippen LogP contribution is 2.38. The number of rotatable bonds is 36. The number of halogens is 1. The van der Waals surface area contributed by atoms with Crippen LogP contribution in [-0.2, 0) is 42.9 Å². The zero-order valence-corrected chi connectivity index (χ0v) is 38.7. The second kappa shape index (κ2) is 31.5. The molecule has 1 aliphatic heterocycles. The van der Waals surface area contributed by atoms with Crippen LogP contribution >= 0.6 is 0 Å². The van der Waals surface area contributed by atoms with Gasteiger partial charge in [-0.25, -0.2) is 4.98 Å². The molecule has 2 aromatic heterocycles. The molecule has 3 rings (SSSR count). The quantitative estimate of drug-likeness (QED) is 0.0215. The molecule has 360 valence electrons. The number of nitrogens with two attached hydrogens (primary N) is 1.